The summed E-state index contributed by atoms with van der Waals surface area (Å²) >= 11 is 0. The molecule has 0 radical (unpaired) electrons. The van der Waals surface area contributed by atoms with Crippen molar-refractivity contribution in [2.45, 2.75) is 25.1 Å². The maximum atomic E-state index is 13.1. The zero-order valence-corrected chi connectivity index (χ0v) is 15.2. The van der Waals surface area contributed by atoms with Gasteiger partial charge in [0.05, 0.1) is 12.0 Å². The number of fused-ring (bicyclic) bond motifs is 1. The Morgan fingerprint density at radius 3 is 2.28 bits per heavy atom. The highest BCUT2D eigenvalue weighted by Crippen LogP contribution is 2.32. The Kier molecular flexibility index (Phi) is 5.87. The molecule has 0 aromatic heterocycles. The maximum absolute atomic E-state index is 13.1. The molecular weight excluding hydrogens is 383 g/mol. The van der Waals surface area contributed by atoms with E-state index < -0.39 is 36.1 Å². The number of halogens is 3. The molecule has 7 heteroatoms. The predicted octanol–water partition coefficient (Wildman–Crippen LogP) is 4.21. The number of hydrogen-bond donors (Lipinski definition) is 2. The second-order valence-corrected chi connectivity index (χ2v) is 6.68. The molecule has 0 saturated heterocycles. The van der Waals surface area contributed by atoms with Gasteiger partial charge in [0.2, 0.25) is 5.91 Å². The lowest BCUT2D eigenvalue weighted by Gasteiger charge is -2.18. The number of hydrogen-bond acceptors (Lipinski definition) is 2. The van der Waals surface area contributed by atoms with Crippen LogP contribution in [0.3, 0.4) is 0 Å². The first kappa shape index (κ1) is 20.4. The monoisotopic (exact) mass is 401 g/mol. The summed E-state index contributed by atoms with van der Waals surface area (Å²) in [5.74, 6) is -1.97. The lowest BCUT2D eigenvalue weighted by Crippen LogP contribution is -2.43. The number of amides is 1. The minimum absolute atomic E-state index is 0.0739. The van der Waals surface area contributed by atoms with Crippen molar-refractivity contribution in [2.75, 3.05) is 0 Å². The van der Waals surface area contributed by atoms with Crippen LogP contribution in [0.5, 0.6) is 0 Å². The predicted molar refractivity (Wildman–Crippen MR) is 102 cm³/mol. The third kappa shape index (κ3) is 5.13. The van der Waals surface area contributed by atoms with Crippen LogP contribution in [0, 0.1) is 0 Å². The fourth-order valence-corrected chi connectivity index (χ4v) is 3.17. The molecule has 0 aliphatic heterocycles. The molecule has 150 valence electrons. The third-order valence-electron chi connectivity index (χ3n) is 4.56. The van der Waals surface area contributed by atoms with Gasteiger partial charge in [0.1, 0.15) is 6.04 Å². The Balaban J connectivity index is 1.73. The van der Waals surface area contributed by atoms with E-state index in [0.29, 0.717) is 5.56 Å². The number of rotatable bonds is 6. The molecule has 3 aromatic rings. The zero-order valence-electron chi connectivity index (χ0n) is 15.2. The van der Waals surface area contributed by atoms with Gasteiger partial charge in [-0.3, -0.25) is 4.79 Å². The van der Waals surface area contributed by atoms with E-state index in [4.69, 9.17) is 0 Å². The largest absolute Gasteiger partial charge is 0.480 e. The summed E-state index contributed by atoms with van der Waals surface area (Å²) in [5, 5.41) is 13.7. The van der Waals surface area contributed by atoms with Crippen LogP contribution in [0.25, 0.3) is 10.8 Å². The average molecular weight is 401 g/mol. The van der Waals surface area contributed by atoms with Gasteiger partial charge in [-0.05, 0) is 28.0 Å². The molecule has 0 aliphatic rings. The Morgan fingerprint density at radius 2 is 1.59 bits per heavy atom. The highest BCUT2D eigenvalue weighted by atomic mass is 19.4. The fourth-order valence-electron chi connectivity index (χ4n) is 3.17. The van der Waals surface area contributed by atoms with Crippen LogP contribution in [0.1, 0.15) is 16.7 Å². The van der Waals surface area contributed by atoms with E-state index in [-0.39, 0.29) is 12.0 Å². The van der Waals surface area contributed by atoms with Crippen molar-refractivity contribution in [3.63, 3.8) is 0 Å². The van der Waals surface area contributed by atoms with Crippen molar-refractivity contribution < 1.29 is 27.9 Å². The van der Waals surface area contributed by atoms with Crippen LogP contribution in [0.4, 0.5) is 13.2 Å². The van der Waals surface area contributed by atoms with E-state index in [1.807, 2.05) is 36.4 Å². The summed E-state index contributed by atoms with van der Waals surface area (Å²) in [6.45, 7) is 0. The normalized spacial score (nSPS) is 12.5. The van der Waals surface area contributed by atoms with E-state index in [1.54, 1.807) is 6.07 Å². The number of alkyl halides is 3. The summed E-state index contributed by atoms with van der Waals surface area (Å²) in [6, 6.07) is 16.3. The lowest BCUT2D eigenvalue weighted by atomic mass is 9.99. The minimum atomic E-state index is -4.60. The molecule has 0 heterocycles. The van der Waals surface area contributed by atoms with Crippen molar-refractivity contribution in [3.05, 3.63) is 83.4 Å². The first-order valence-electron chi connectivity index (χ1n) is 8.89. The van der Waals surface area contributed by atoms with Crippen molar-refractivity contribution >= 4 is 22.6 Å². The molecule has 0 spiro atoms. The van der Waals surface area contributed by atoms with Gasteiger partial charge < -0.3 is 10.4 Å². The van der Waals surface area contributed by atoms with Gasteiger partial charge >= 0.3 is 12.1 Å². The van der Waals surface area contributed by atoms with Crippen LogP contribution < -0.4 is 5.32 Å². The summed E-state index contributed by atoms with van der Waals surface area (Å²) in [4.78, 5) is 23.9. The van der Waals surface area contributed by atoms with E-state index in [1.165, 1.54) is 18.2 Å². The summed E-state index contributed by atoms with van der Waals surface area (Å²) in [6.07, 6.45) is -5.14. The average Bonchev–Trinajstić information content (AvgIpc) is 2.67. The molecule has 1 amide bonds. The van der Waals surface area contributed by atoms with Crippen LogP contribution in [-0.2, 0) is 28.6 Å². The van der Waals surface area contributed by atoms with Gasteiger partial charge in [-0.2, -0.15) is 13.2 Å². The molecule has 4 nitrogen and oxygen atoms in total. The smallest absolute Gasteiger partial charge is 0.416 e. The second kappa shape index (κ2) is 8.34. The van der Waals surface area contributed by atoms with E-state index in [2.05, 4.69) is 5.32 Å². The standard InChI is InChI=1S/C22H18F3NO3/c23-22(24,25)18-8-4-3-7-17(18)13-19(21(28)29)26-20(27)12-14-9-10-15-5-1-2-6-16(15)11-14/h1-11,19H,12-13H2,(H,26,27)(H,28,29)/t19-/m0/s1. The van der Waals surface area contributed by atoms with Crippen LogP contribution >= 0.6 is 0 Å². The Bertz CT molecular complexity index is 1050. The van der Waals surface area contributed by atoms with E-state index in [9.17, 15) is 27.9 Å². The van der Waals surface area contributed by atoms with Crippen molar-refractivity contribution in [1.29, 1.82) is 0 Å². The number of carbonyl (C=O) groups excluding carboxylic acids is 1. The number of carboxylic acids is 1. The third-order valence-corrected chi connectivity index (χ3v) is 4.56. The number of nitrogens with one attached hydrogen (secondary N) is 1. The van der Waals surface area contributed by atoms with Crippen LogP contribution in [-0.4, -0.2) is 23.0 Å². The van der Waals surface area contributed by atoms with Gasteiger partial charge in [0.15, 0.2) is 0 Å². The molecule has 0 bridgehead atoms. The SMILES string of the molecule is O=C(Cc1ccc2ccccc2c1)N[C@@H](Cc1ccccc1C(F)(F)F)C(=O)O. The number of carbonyl (C=O) groups is 2. The molecule has 29 heavy (non-hydrogen) atoms. The van der Waals surface area contributed by atoms with Gasteiger partial charge in [0.25, 0.3) is 0 Å². The van der Waals surface area contributed by atoms with Crippen molar-refractivity contribution in [1.82, 2.24) is 5.32 Å². The van der Waals surface area contributed by atoms with Gasteiger partial charge in [-0.15, -0.1) is 0 Å². The molecule has 0 unspecified atom stereocenters. The van der Waals surface area contributed by atoms with Gasteiger partial charge in [-0.25, -0.2) is 4.79 Å². The molecular formula is C22H18F3NO3. The molecule has 3 aromatic carbocycles. The molecule has 0 saturated carbocycles. The van der Waals surface area contributed by atoms with Crippen molar-refractivity contribution in [2.24, 2.45) is 0 Å². The first-order chi connectivity index (χ1) is 13.7. The Hall–Kier alpha value is -3.35. The minimum Gasteiger partial charge on any atom is -0.480 e. The first-order valence-corrected chi connectivity index (χ1v) is 8.89. The molecule has 1 atom stereocenters. The maximum Gasteiger partial charge on any atom is 0.416 e. The van der Waals surface area contributed by atoms with Crippen LogP contribution in [0.15, 0.2) is 66.7 Å². The number of carboxylic acid groups (broad SMARTS) is 1. The number of benzene rings is 3. The number of aliphatic carboxylic acids is 1. The molecule has 3 rings (SSSR count). The molecule has 0 fully saturated rings. The highest BCUT2D eigenvalue weighted by Gasteiger charge is 2.34. The van der Waals surface area contributed by atoms with E-state index >= 15 is 0 Å². The fraction of sp³-hybridized carbons (Fsp3) is 0.182. The summed E-state index contributed by atoms with van der Waals surface area (Å²) in [7, 11) is 0. The van der Waals surface area contributed by atoms with Gasteiger partial charge in [0, 0.05) is 6.42 Å². The van der Waals surface area contributed by atoms with Crippen LogP contribution in [0.2, 0.25) is 0 Å². The van der Waals surface area contributed by atoms with E-state index in [0.717, 1.165) is 16.8 Å². The lowest BCUT2D eigenvalue weighted by molar-refractivity contribution is -0.142. The Morgan fingerprint density at radius 1 is 0.931 bits per heavy atom. The zero-order chi connectivity index (χ0) is 21.0. The Labute approximate surface area is 165 Å². The quantitative estimate of drug-likeness (QED) is 0.650. The molecule has 0 aliphatic carbocycles. The summed E-state index contributed by atoms with van der Waals surface area (Å²) < 4.78 is 39.4. The highest BCUT2D eigenvalue weighted by molar-refractivity contribution is 5.87. The topological polar surface area (TPSA) is 66.4 Å². The summed E-state index contributed by atoms with van der Waals surface area (Å²) in [5.41, 5.74) is -0.408. The molecule has 2 N–H and O–H groups in total. The second-order valence-electron chi connectivity index (χ2n) is 6.68. The van der Waals surface area contributed by atoms with Crippen molar-refractivity contribution in [3.8, 4) is 0 Å². The van der Waals surface area contributed by atoms with Gasteiger partial charge in [-0.1, -0.05) is 60.7 Å².